The molecule has 16 heavy (non-hydrogen) atoms. The number of rotatable bonds is 4. The molecule has 1 rings (SSSR count). The standard InChI is InChI=1S/C12H19N3O/c1-5-13-10-6-7-14-11(8-10)12(16)15(4)9(2)3/h6-9H,5H2,1-4H3,(H,13,14). The molecule has 0 aliphatic carbocycles. The summed E-state index contributed by atoms with van der Waals surface area (Å²) in [6.45, 7) is 6.80. The Balaban J connectivity index is 2.87. The third kappa shape index (κ3) is 2.95. The molecule has 0 aromatic carbocycles. The van der Waals surface area contributed by atoms with E-state index < -0.39 is 0 Å². The van der Waals surface area contributed by atoms with Crippen LogP contribution in [0.3, 0.4) is 0 Å². The van der Waals surface area contributed by atoms with Crippen LogP contribution in [0.5, 0.6) is 0 Å². The Kier molecular flexibility index (Phi) is 4.28. The van der Waals surface area contributed by atoms with Crippen molar-refractivity contribution in [3.63, 3.8) is 0 Å². The third-order valence-corrected chi connectivity index (χ3v) is 2.45. The molecular weight excluding hydrogens is 202 g/mol. The fraction of sp³-hybridized carbons (Fsp3) is 0.500. The van der Waals surface area contributed by atoms with Crippen molar-refractivity contribution < 1.29 is 4.79 Å². The van der Waals surface area contributed by atoms with Crippen LogP contribution in [0.4, 0.5) is 5.69 Å². The van der Waals surface area contributed by atoms with Crippen LogP contribution in [0.25, 0.3) is 0 Å². The molecule has 0 spiro atoms. The van der Waals surface area contributed by atoms with E-state index in [1.54, 1.807) is 24.2 Å². The highest BCUT2D eigenvalue weighted by molar-refractivity contribution is 5.93. The Hall–Kier alpha value is -1.58. The minimum absolute atomic E-state index is 0.0465. The summed E-state index contributed by atoms with van der Waals surface area (Å²) in [5.74, 6) is -0.0465. The van der Waals surface area contributed by atoms with E-state index >= 15 is 0 Å². The molecule has 4 heteroatoms. The van der Waals surface area contributed by atoms with Gasteiger partial charge in [-0.05, 0) is 32.9 Å². The Morgan fingerprint density at radius 2 is 2.25 bits per heavy atom. The molecule has 1 aromatic rings. The molecule has 0 aliphatic heterocycles. The van der Waals surface area contributed by atoms with Gasteiger partial charge in [-0.25, -0.2) is 0 Å². The molecule has 1 heterocycles. The molecule has 0 fully saturated rings. The molecule has 0 aliphatic rings. The number of carbonyl (C=O) groups is 1. The highest BCUT2D eigenvalue weighted by atomic mass is 16.2. The molecular formula is C12H19N3O. The van der Waals surface area contributed by atoms with Gasteiger partial charge in [0.2, 0.25) is 0 Å². The molecule has 4 nitrogen and oxygen atoms in total. The van der Waals surface area contributed by atoms with Crippen LogP contribution in [0.15, 0.2) is 18.3 Å². The summed E-state index contributed by atoms with van der Waals surface area (Å²) in [4.78, 5) is 17.8. The highest BCUT2D eigenvalue weighted by Crippen LogP contribution is 2.10. The number of pyridine rings is 1. The predicted molar refractivity (Wildman–Crippen MR) is 65.6 cm³/mol. The lowest BCUT2D eigenvalue weighted by Gasteiger charge is -2.21. The molecule has 1 amide bonds. The van der Waals surface area contributed by atoms with Crippen LogP contribution >= 0.6 is 0 Å². The molecule has 1 N–H and O–H groups in total. The van der Waals surface area contributed by atoms with Gasteiger partial charge < -0.3 is 10.2 Å². The van der Waals surface area contributed by atoms with Gasteiger partial charge in [-0.1, -0.05) is 0 Å². The number of hydrogen-bond acceptors (Lipinski definition) is 3. The highest BCUT2D eigenvalue weighted by Gasteiger charge is 2.15. The fourth-order valence-corrected chi connectivity index (χ4v) is 1.28. The van der Waals surface area contributed by atoms with Crippen LogP contribution < -0.4 is 5.32 Å². The van der Waals surface area contributed by atoms with Crippen molar-refractivity contribution in [1.82, 2.24) is 9.88 Å². The summed E-state index contributed by atoms with van der Waals surface area (Å²) < 4.78 is 0. The first-order chi connectivity index (χ1) is 7.56. The Labute approximate surface area is 96.7 Å². The van der Waals surface area contributed by atoms with E-state index in [1.165, 1.54) is 0 Å². The van der Waals surface area contributed by atoms with E-state index in [0.717, 1.165) is 12.2 Å². The number of carbonyl (C=O) groups excluding carboxylic acids is 1. The van der Waals surface area contributed by atoms with Crippen molar-refractivity contribution >= 4 is 11.6 Å². The first-order valence-electron chi connectivity index (χ1n) is 5.53. The van der Waals surface area contributed by atoms with E-state index in [1.807, 2.05) is 26.8 Å². The van der Waals surface area contributed by atoms with Gasteiger partial charge in [0, 0.05) is 31.5 Å². The van der Waals surface area contributed by atoms with E-state index in [0.29, 0.717) is 5.69 Å². The summed E-state index contributed by atoms with van der Waals surface area (Å²) in [5, 5.41) is 3.16. The smallest absolute Gasteiger partial charge is 0.272 e. The van der Waals surface area contributed by atoms with E-state index in [4.69, 9.17) is 0 Å². The lowest BCUT2D eigenvalue weighted by atomic mass is 10.2. The number of hydrogen-bond donors (Lipinski definition) is 1. The average molecular weight is 221 g/mol. The van der Waals surface area contributed by atoms with Gasteiger partial charge in [-0.3, -0.25) is 9.78 Å². The first-order valence-corrected chi connectivity index (χ1v) is 5.53. The van der Waals surface area contributed by atoms with Gasteiger partial charge in [-0.15, -0.1) is 0 Å². The van der Waals surface area contributed by atoms with Gasteiger partial charge in [0.15, 0.2) is 0 Å². The third-order valence-electron chi connectivity index (χ3n) is 2.45. The first kappa shape index (κ1) is 12.5. The summed E-state index contributed by atoms with van der Waals surface area (Å²) in [6.07, 6.45) is 1.65. The Bertz CT molecular complexity index is 363. The lowest BCUT2D eigenvalue weighted by molar-refractivity contribution is 0.0749. The number of aromatic nitrogens is 1. The van der Waals surface area contributed by atoms with Gasteiger partial charge in [0.05, 0.1) is 0 Å². The van der Waals surface area contributed by atoms with Crippen LogP contribution in [0.1, 0.15) is 31.3 Å². The van der Waals surface area contributed by atoms with Crippen molar-refractivity contribution in [3.05, 3.63) is 24.0 Å². The molecule has 0 saturated carbocycles. The molecule has 0 unspecified atom stereocenters. The molecule has 0 saturated heterocycles. The molecule has 88 valence electrons. The van der Waals surface area contributed by atoms with Crippen molar-refractivity contribution in [2.24, 2.45) is 0 Å². The fourth-order valence-electron chi connectivity index (χ4n) is 1.28. The van der Waals surface area contributed by atoms with Gasteiger partial charge in [-0.2, -0.15) is 0 Å². The Morgan fingerprint density at radius 1 is 1.56 bits per heavy atom. The second kappa shape index (κ2) is 5.49. The van der Waals surface area contributed by atoms with Crippen molar-refractivity contribution in [1.29, 1.82) is 0 Å². The summed E-state index contributed by atoms with van der Waals surface area (Å²) in [7, 11) is 1.79. The predicted octanol–water partition coefficient (Wildman–Crippen LogP) is 1.99. The lowest BCUT2D eigenvalue weighted by Crippen LogP contribution is -2.33. The maximum absolute atomic E-state index is 12.0. The quantitative estimate of drug-likeness (QED) is 0.845. The van der Waals surface area contributed by atoms with Gasteiger partial charge in [0.25, 0.3) is 5.91 Å². The maximum Gasteiger partial charge on any atom is 0.272 e. The monoisotopic (exact) mass is 221 g/mol. The van der Waals surface area contributed by atoms with Crippen molar-refractivity contribution in [2.45, 2.75) is 26.8 Å². The minimum atomic E-state index is -0.0465. The average Bonchev–Trinajstić information content (AvgIpc) is 2.28. The second-order valence-corrected chi connectivity index (χ2v) is 3.97. The number of nitrogens with one attached hydrogen (secondary N) is 1. The van der Waals surface area contributed by atoms with E-state index in [-0.39, 0.29) is 11.9 Å². The number of anilines is 1. The molecule has 0 bridgehead atoms. The SMILES string of the molecule is CCNc1ccnc(C(=O)N(C)C(C)C)c1. The molecule has 0 radical (unpaired) electrons. The van der Waals surface area contributed by atoms with Crippen LogP contribution in [-0.4, -0.2) is 35.4 Å². The zero-order valence-corrected chi connectivity index (χ0v) is 10.3. The van der Waals surface area contributed by atoms with E-state index in [9.17, 15) is 4.79 Å². The van der Waals surface area contributed by atoms with Crippen LogP contribution in [0.2, 0.25) is 0 Å². The zero-order valence-electron chi connectivity index (χ0n) is 10.3. The minimum Gasteiger partial charge on any atom is -0.385 e. The number of amides is 1. The van der Waals surface area contributed by atoms with Crippen molar-refractivity contribution in [3.8, 4) is 0 Å². The summed E-state index contributed by atoms with van der Waals surface area (Å²) >= 11 is 0. The topological polar surface area (TPSA) is 45.2 Å². The largest absolute Gasteiger partial charge is 0.385 e. The maximum atomic E-state index is 12.0. The van der Waals surface area contributed by atoms with Crippen LogP contribution in [-0.2, 0) is 0 Å². The molecule has 0 atom stereocenters. The van der Waals surface area contributed by atoms with E-state index in [2.05, 4.69) is 10.3 Å². The van der Waals surface area contributed by atoms with Gasteiger partial charge in [0.1, 0.15) is 5.69 Å². The second-order valence-electron chi connectivity index (χ2n) is 3.97. The number of nitrogens with zero attached hydrogens (tertiary/aromatic N) is 2. The van der Waals surface area contributed by atoms with Gasteiger partial charge >= 0.3 is 0 Å². The molecule has 1 aromatic heterocycles. The summed E-state index contributed by atoms with van der Waals surface area (Å²) in [5.41, 5.74) is 1.41. The van der Waals surface area contributed by atoms with Crippen LogP contribution in [0, 0.1) is 0 Å². The van der Waals surface area contributed by atoms with Crippen molar-refractivity contribution in [2.75, 3.05) is 18.9 Å². The zero-order chi connectivity index (χ0) is 12.1. The Morgan fingerprint density at radius 3 is 2.81 bits per heavy atom. The normalized spacial score (nSPS) is 10.3. The summed E-state index contributed by atoms with van der Waals surface area (Å²) in [6, 6.07) is 3.82.